The minimum atomic E-state index is -0.228. The molecule has 5 nitrogen and oxygen atoms in total. The zero-order valence-corrected chi connectivity index (χ0v) is 13.3. The van der Waals surface area contributed by atoms with Gasteiger partial charge in [0, 0.05) is 17.7 Å². The first-order valence-corrected chi connectivity index (χ1v) is 6.99. The minimum absolute atomic E-state index is 0.151. The zero-order valence-electron chi connectivity index (χ0n) is 11.7. The Bertz CT molecular complexity index is 511. The predicted octanol–water partition coefficient (Wildman–Crippen LogP) is 1.82. The Labute approximate surface area is 121 Å². The van der Waals surface area contributed by atoms with Gasteiger partial charge in [-0.15, -0.1) is 0 Å². The summed E-state index contributed by atoms with van der Waals surface area (Å²) in [6.07, 6.45) is 3.33. The Hall–Kier alpha value is -1.14. The molecule has 0 saturated heterocycles. The number of pyridine rings is 1. The van der Waals surface area contributed by atoms with Crippen molar-refractivity contribution in [2.75, 3.05) is 19.4 Å². The Morgan fingerprint density at radius 2 is 2.16 bits per heavy atom. The van der Waals surface area contributed by atoms with E-state index in [-0.39, 0.29) is 17.5 Å². The van der Waals surface area contributed by atoms with Crippen molar-refractivity contribution in [1.29, 1.82) is 0 Å². The van der Waals surface area contributed by atoms with Crippen LogP contribution in [-0.4, -0.2) is 35.5 Å². The van der Waals surface area contributed by atoms with Crippen molar-refractivity contribution >= 4 is 27.5 Å². The van der Waals surface area contributed by atoms with Crippen LogP contribution in [0.3, 0.4) is 0 Å². The summed E-state index contributed by atoms with van der Waals surface area (Å²) in [6.45, 7) is 2.03. The molecule has 0 bridgehead atoms. The first kappa shape index (κ1) is 15.9. The maximum absolute atomic E-state index is 12.2. The van der Waals surface area contributed by atoms with Crippen molar-refractivity contribution in [3.05, 3.63) is 27.1 Å². The van der Waals surface area contributed by atoms with E-state index in [1.807, 2.05) is 25.9 Å². The van der Waals surface area contributed by atoms with Gasteiger partial charge in [-0.05, 0) is 42.5 Å². The molecule has 1 amide bonds. The second-order valence-corrected chi connectivity index (χ2v) is 5.66. The van der Waals surface area contributed by atoms with Crippen LogP contribution < -0.4 is 10.9 Å². The molecule has 0 aliphatic heterocycles. The normalized spacial score (nSPS) is 12.5. The monoisotopic (exact) mass is 329 g/mol. The molecule has 1 unspecified atom stereocenters. The fourth-order valence-corrected chi connectivity index (χ4v) is 2.41. The Morgan fingerprint density at radius 3 is 2.68 bits per heavy atom. The third kappa shape index (κ3) is 4.18. The number of anilines is 1. The molecule has 1 aromatic heterocycles. The van der Waals surface area contributed by atoms with Gasteiger partial charge < -0.3 is 9.88 Å². The lowest BCUT2D eigenvalue weighted by molar-refractivity contribution is -0.120. The number of likely N-dealkylation sites (N-methyl/N-ethyl adjacent to an activating group) is 1. The molecular formula is C13H20BrN3O2. The van der Waals surface area contributed by atoms with Crippen LogP contribution in [0.2, 0.25) is 0 Å². The number of hydrogen-bond donors (Lipinski definition) is 1. The molecule has 1 heterocycles. The summed E-state index contributed by atoms with van der Waals surface area (Å²) in [7, 11) is 5.37. The molecule has 19 heavy (non-hydrogen) atoms. The summed E-state index contributed by atoms with van der Waals surface area (Å²) >= 11 is 3.31. The van der Waals surface area contributed by atoms with Crippen LogP contribution in [0.5, 0.6) is 0 Å². The molecule has 0 spiro atoms. The van der Waals surface area contributed by atoms with Gasteiger partial charge in [0.2, 0.25) is 5.91 Å². The van der Waals surface area contributed by atoms with Gasteiger partial charge in [-0.3, -0.25) is 14.5 Å². The number of nitrogens with one attached hydrogen (secondary N) is 1. The van der Waals surface area contributed by atoms with Crippen molar-refractivity contribution in [2.45, 2.75) is 25.8 Å². The van der Waals surface area contributed by atoms with E-state index in [1.54, 1.807) is 19.3 Å². The summed E-state index contributed by atoms with van der Waals surface area (Å²) in [4.78, 5) is 26.0. The first-order chi connectivity index (χ1) is 8.86. The van der Waals surface area contributed by atoms with Crippen LogP contribution in [0.15, 0.2) is 21.5 Å². The quantitative estimate of drug-likeness (QED) is 0.896. The third-order valence-electron chi connectivity index (χ3n) is 2.90. The number of carbonyl (C=O) groups is 1. The molecule has 106 valence electrons. The van der Waals surface area contributed by atoms with Gasteiger partial charge in [0.05, 0.1) is 6.04 Å². The number of hydrogen-bond acceptors (Lipinski definition) is 3. The summed E-state index contributed by atoms with van der Waals surface area (Å²) in [5.74, 6) is -0.151. The summed E-state index contributed by atoms with van der Waals surface area (Å²) in [5, 5.41) is 2.71. The van der Waals surface area contributed by atoms with Crippen LogP contribution >= 0.6 is 15.9 Å². The molecule has 1 aromatic rings. The van der Waals surface area contributed by atoms with Crippen molar-refractivity contribution in [2.24, 2.45) is 7.05 Å². The largest absolute Gasteiger partial charge is 0.320 e. The average Bonchev–Trinajstić information content (AvgIpc) is 2.31. The van der Waals surface area contributed by atoms with Crippen LogP contribution in [0, 0.1) is 0 Å². The van der Waals surface area contributed by atoms with E-state index in [2.05, 4.69) is 21.2 Å². The van der Waals surface area contributed by atoms with E-state index in [0.29, 0.717) is 5.69 Å². The Kier molecular flexibility index (Phi) is 5.75. The van der Waals surface area contributed by atoms with E-state index in [0.717, 1.165) is 17.3 Å². The van der Waals surface area contributed by atoms with Gasteiger partial charge in [-0.2, -0.15) is 0 Å². The predicted molar refractivity (Wildman–Crippen MR) is 80.4 cm³/mol. The highest BCUT2D eigenvalue weighted by Crippen LogP contribution is 2.13. The molecule has 0 aliphatic rings. The maximum Gasteiger partial charge on any atom is 0.274 e. The number of rotatable bonds is 5. The number of halogens is 1. The van der Waals surface area contributed by atoms with Crippen molar-refractivity contribution in [3.8, 4) is 0 Å². The Balaban J connectivity index is 2.96. The lowest BCUT2D eigenvalue weighted by atomic mass is 10.1. The average molecular weight is 330 g/mol. The molecular weight excluding hydrogens is 310 g/mol. The number of nitrogens with zero attached hydrogens (tertiary/aromatic N) is 2. The summed E-state index contributed by atoms with van der Waals surface area (Å²) < 4.78 is 2.19. The van der Waals surface area contributed by atoms with Crippen molar-refractivity contribution < 1.29 is 4.79 Å². The van der Waals surface area contributed by atoms with Crippen molar-refractivity contribution in [1.82, 2.24) is 9.47 Å². The van der Waals surface area contributed by atoms with Gasteiger partial charge in [0.15, 0.2) is 0 Å². The fourth-order valence-electron chi connectivity index (χ4n) is 1.87. The molecule has 0 aliphatic carbocycles. The molecule has 0 fully saturated rings. The topological polar surface area (TPSA) is 54.3 Å². The fraction of sp³-hybridized carbons (Fsp3) is 0.538. The maximum atomic E-state index is 12.2. The SMILES string of the molecule is CCCC(C(=O)Nc1cc(Br)cn(C)c1=O)N(C)C. The Morgan fingerprint density at radius 1 is 1.53 bits per heavy atom. The van der Waals surface area contributed by atoms with Gasteiger partial charge in [-0.1, -0.05) is 13.3 Å². The zero-order chi connectivity index (χ0) is 14.6. The summed E-state index contributed by atoms with van der Waals surface area (Å²) in [6, 6.07) is 1.40. The standard InChI is InChI=1S/C13H20BrN3O2/c1-5-6-11(16(2)3)12(18)15-10-7-9(14)8-17(4)13(10)19/h7-8,11H,5-6H2,1-4H3,(H,15,18). The van der Waals surface area contributed by atoms with Crippen molar-refractivity contribution in [3.63, 3.8) is 0 Å². The minimum Gasteiger partial charge on any atom is -0.320 e. The van der Waals surface area contributed by atoms with Gasteiger partial charge >= 0.3 is 0 Å². The smallest absolute Gasteiger partial charge is 0.274 e. The molecule has 0 aromatic carbocycles. The van der Waals surface area contributed by atoms with Gasteiger partial charge in [0.25, 0.3) is 5.56 Å². The molecule has 0 saturated carbocycles. The number of aromatic nitrogens is 1. The van der Waals surface area contributed by atoms with Crippen LogP contribution in [0.4, 0.5) is 5.69 Å². The third-order valence-corrected chi connectivity index (χ3v) is 3.33. The van der Waals surface area contributed by atoms with E-state index >= 15 is 0 Å². The number of carbonyl (C=O) groups excluding carboxylic acids is 1. The number of aryl methyl sites for hydroxylation is 1. The van der Waals surface area contributed by atoms with E-state index in [4.69, 9.17) is 0 Å². The van der Waals surface area contributed by atoms with E-state index in [1.165, 1.54) is 4.57 Å². The van der Waals surface area contributed by atoms with E-state index in [9.17, 15) is 9.59 Å². The molecule has 1 atom stereocenters. The first-order valence-electron chi connectivity index (χ1n) is 6.20. The highest BCUT2D eigenvalue weighted by Gasteiger charge is 2.20. The molecule has 6 heteroatoms. The lowest BCUT2D eigenvalue weighted by Gasteiger charge is -2.22. The summed E-state index contributed by atoms with van der Waals surface area (Å²) in [5.41, 5.74) is 0.0791. The van der Waals surface area contributed by atoms with Gasteiger partial charge in [0.1, 0.15) is 5.69 Å². The van der Waals surface area contributed by atoms with Crippen LogP contribution in [-0.2, 0) is 11.8 Å². The lowest BCUT2D eigenvalue weighted by Crippen LogP contribution is -2.40. The molecule has 1 N–H and O–H groups in total. The second kappa shape index (κ2) is 6.86. The second-order valence-electron chi connectivity index (χ2n) is 4.75. The van der Waals surface area contributed by atoms with Crippen LogP contribution in [0.25, 0.3) is 0 Å². The molecule has 0 radical (unpaired) electrons. The number of amides is 1. The molecule has 1 rings (SSSR count). The van der Waals surface area contributed by atoms with E-state index < -0.39 is 0 Å². The highest BCUT2D eigenvalue weighted by atomic mass is 79.9. The van der Waals surface area contributed by atoms with Crippen LogP contribution in [0.1, 0.15) is 19.8 Å². The highest BCUT2D eigenvalue weighted by molar-refractivity contribution is 9.10. The van der Waals surface area contributed by atoms with Gasteiger partial charge in [-0.25, -0.2) is 0 Å².